The van der Waals surface area contributed by atoms with Crippen LogP contribution in [0.5, 0.6) is 0 Å². The molecule has 0 saturated heterocycles. The van der Waals surface area contributed by atoms with Gasteiger partial charge in [0.25, 0.3) is 0 Å². The SMILES string of the molecule is CC(CN(C)C)C(=O)O.[Ca+2].[H-].[H-]. The maximum Gasteiger partial charge on any atom is 2.00 e. The van der Waals surface area contributed by atoms with Crippen LogP contribution in [0.1, 0.15) is 9.78 Å². The molecule has 0 aromatic carbocycles. The molecule has 0 amide bonds. The van der Waals surface area contributed by atoms with Crippen LogP contribution in [0.2, 0.25) is 0 Å². The minimum atomic E-state index is -0.733. The Hall–Kier alpha value is 0.690. The van der Waals surface area contributed by atoms with Gasteiger partial charge in [0.15, 0.2) is 0 Å². The number of hydrogen-bond acceptors (Lipinski definition) is 2. The summed E-state index contributed by atoms with van der Waals surface area (Å²) in [6.45, 7) is 2.30. The first-order chi connectivity index (χ1) is 4.04. The zero-order valence-electron chi connectivity index (χ0n) is 8.79. The molecule has 0 heterocycles. The second-order valence-electron chi connectivity index (χ2n) is 2.50. The zero-order valence-corrected chi connectivity index (χ0v) is 9.00. The van der Waals surface area contributed by atoms with Gasteiger partial charge in [0, 0.05) is 6.54 Å². The molecular formula is C6H15CaNO2. The summed E-state index contributed by atoms with van der Waals surface area (Å²) in [6, 6.07) is 0. The van der Waals surface area contributed by atoms with Crippen LogP contribution in [-0.2, 0) is 4.79 Å². The Morgan fingerprint density at radius 2 is 2.10 bits per heavy atom. The van der Waals surface area contributed by atoms with E-state index < -0.39 is 5.97 Å². The Kier molecular flexibility index (Phi) is 8.51. The molecule has 0 fully saturated rings. The zero-order chi connectivity index (χ0) is 7.44. The van der Waals surface area contributed by atoms with E-state index in [-0.39, 0.29) is 46.5 Å². The van der Waals surface area contributed by atoms with Gasteiger partial charge in [0.2, 0.25) is 0 Å². The first-order valence-corrected chi connectivity index (χ1v) is 2.91. The van der Waals surface area contributed by atoms with Gasteiger partial charge in [0.1, 0.15) is 0 Å². The van der Waals surface area contributed by atoms with Crippen molar-refractivity contribution in [3.63, 3.8) is 0 Å². The first-order valence-electron chi connectivity index (χ1n) is 2.91. The minimum absolute atomic E-state index is 0. The van der Waals surface area contributed by atoms with Gasteiger partial charge in [-0.15, -0.1) is 0 Å². The number of rotatable bonds is 3. The predicted molar refractivity (Wildman–Crippen MR) is 43.3 cm³/mol. The molecule has 58 valence electrons. The molecule has 0 saturated carbocycles. The van der Waals surface area contributed by atoms with Crippen molar-refractivity contribution in [2.75, 3.05) is 20.6 Å². The van der Waals surface area contributed by atoms with Gasteiger partial charge in [0.05, 0.1) is 5.92 Å². The number of aliphatic carboxylic acids is 1. The van der Waals surface area contributed by atoms with Gasteiger partial charge in [-0.05, 0) is 14.1 Å². The third kappa shape index (κ3) is 6.80. The Morgan fingerprint density at radius 1 is 1.70 bits per heavy atom. The van der Waals surface area contributed by atoms with E-state index in [1.807, 2.05) is 19.0 Å². The van der Waals surface area contributed by atoms with Gasteiger partial charge < -0.3 is 12.9 Å². The van der Waals surface area contributed by atoms with Gasteiger partial charge in [-0.3, -0.25) is 4.79 Å². The smallest absolute Gasteiger partial charge is 1.00 e. The molecule has 0 rings (SSSR count). The van der Waals surface area contributed by atoms with Crippen molar-refractivity contribution in [1.29, 1.82) is 0 Å². The van der Waals surface area contributed by atoms with Crippen LogP contribution in [0.15, 0.2) is 0 Å². The fourth-order valence-corrected chi connectivity index (χ4v) is 0.626. The number of carboxylic acids is 1. The first kappa shape index (κ1) is 13.3. The van der Waals surface area contributed by atoms with Gasteiger partial charge in [-0.1, -0.05) is 6.92 Å². The summed E-state index contributed by atoms with van der Waals surface area (Å²) >= 11 is 0. The van der Waals surface area contributed by atoms with E-state index in [4.69, 9.17) is 5.11 Å². The fraction of sp³-hybridized carbons (Fsp3) is 0.833. The molecule has 10 heavy (non-hydrogen) atoms. The number of carboxylic acid groups (broad SMARTS) is 1. The van der Waals surface area contributed by atoms with Crippen LogP contribution in [0.3, 0.4) is 0 Å². The van der Waals surface area contributed by atoms with Crippen LogP contribution in [0.25, 0.3) is 0 Å². The van der Waals surface area contributed by atoms with Crippen LogP contribution in [-0.4, -0.2) is 74.4 Å². The second kappa shape index (κ2) is 6.40. The number of nitrogens with zero attached hydrogens (tertiary/aromatic N) is 1. The van der Waals surface area contributed by atoms with E-state index in [0.29, 0.717) is 6.54 Å². The van der Waals surface area contributed by atoms with Gasteiger partial charge in [-0.25, -0.2) is 0 Å². The Bertz CT molecular complexity index is 114. The molecule has 4 heteroatoms. The average molecular weight is 173 g/mol. The molecule has 0 aromatic rings. The van der Waals surface area contributed by atoms with Crippen molar-refractivity contribution in [3.8, 4) is 0 Å². The van der Waals surface area contributed by atoms with E-state index in [9.17, 15) is 4.79 Å². The van der Waals surface area contributed by atoms with Crippen molar-refractivity contribution in [2.45, 2.75) is 6.92 Å². The van der Waals surface area contributed by atoms with Gasteiger partial charge >= 0.3 is 43.7 Å². The van der Waals surface area contributed by atoms with Crippen molar-refractivity contribution >= 4 is 43.7 Å². The summed E-state index contributed by atoms with van der Waals surface area (Å²) in [4.78, 5) is 12.1. The summed E-state index contributed by atoms with van der Waals surface area (Å²) in [5.41, 5.74) is 0. The van der Waals surface area contributed by atoms with Crippen LogP contribution in [0, 0.1) is 5.92 Å². The summed E-state index contributed by atoms with van der Waals surface area (Å²) in [6.07, 6.45) is 0. The largest absolute Gasteiger partial charge is 2.00 e. The summed E-state index contributed by atoms with van der Waals surface area (Å²) in [5, 5.41) is 8.40. The number of carbonyl (C=O) groups is 1. The summed E-state index contributed by atoms with van der Waals surface area (Å²) in [7, 11) is 3.72. The standard InChI is InChI=1S/C6H13NO2.Ca.2H/c1-5(6(8)9)4-7(2)3;;;/h5H,4H2,1-3H3,(H,8,9);;;/q;+2;2*-1. The van der Waals surface area contributed by atoms with Crippen molar-refractivity contribution in [1.82, 2.24) is 4.90 Å². The topological polar surface area (TPSA) is 40.5 Å². The maximum absolute atomic E-state index is 10.2. The molecule has 1 atom stereocenters. The van der Waals surface area contributed by atoms with Gasteiger partial charge in [-0.2, -0.15) is 0 Å². The van der Waals surface area contributed by atoms with Crippen LogP contribution in [0.4, 0.5) is 0 Å². The molecular weight excluding hydrogens is 158 g/mol. The molecule has 0 bridgehead atoms. The molecule has 0 aliphatic carbocycles. The normalized spacial score (nSPS) is 12.4. The van der Waals surface area contributed by atoms with Crippen LogP contribution < -0.4 is 0 Å². The quantitative estimate of drug-likeness (QED) is 0.616. The van der Waals surface area contributed by atoms with Crippen molar-refractivity contribution in [3.05, 3.63) is 0 Å². The molecule has 0 aliphatic heterocycles. The Balaban J connectivity index is -0.000000107. The van der Waals surface area contributed by atoms with Crippen LogP contribution >= 0.6 is 0 Å². The van der Waals surface area contributed by atoms with E-state index >= 15 is 0 Å². The molecule has 3 nitrogen and oxygen atoms in total. The monoisotopic (exact) mass is 173 g/mol. The minimum Gasteiger partial charge on any atom is -1.00 e. The average Bonchev–Trinajstić information content (AvgIpc) is 1.63. The molecule has 1 N–H and O–H groups in total. The second-order valence-corrected chi connectivity index (χ2v) is 2.50. The Morgan fingerprint density at radius 3 is 2.20 bits per heavy atom. The Labute approximate surface area is 94.4 Å². The molecule has 0 aliphatic rings. The molecule has 0 spiro atoms. The molecule has 0 radical (unpaired) electrons. The van der Waals surface area contributed by atoms with Crippen molar-refractivity contribution < 1.29 is 12.8 Å². The fourth-order valence-electron chi connectivity index (χ4n) is 0.626. The molecule has 0 aromatic heterocycles. The van der Waals surface area contributed by atoms with E-state index in [0.717, 1.165) is 0 Å². The number of hydrogen-bond donors (Lipinski definition) is 1. The van der Waals surface area contributed by atoms with E-state index in [1.165, 1.54) is 0 Å². The van der Waals surface area contributed by atoms with E-state index in [1.54, 1.807) is 6.92 Å². The predicted octanol–water partition coefficient (Wildman–Crippen LogP) is 0.113. The summed E-state index contributed by atoms with van der Waals surface area (Å²) in [5.74, 6) is -0.997. The third-order valence-electron chi connectivity index (χ3n) is 1.06. The third-order valence-corrected chi connectivity index (χ3v) is 1.06. The van der Waals surface area contributed by atoms with Crippen molar-refractivity contribution in [2.24, 2.45) is 5.92 Å². The van der Waals surface area contributed by atoms with E-state index in [2.05, 4.69) is 0 Å². The molecule has 1 unspecified atom stereocenters. The maximum atomic E-state index is 10.2. The summed E-state index contributed by atoms with van der Waals surface area (Å²) < 4.78 is 0.